The molecule has 0 aromatic carbocycles. The Labute approximate surface area is 141 Å². The number of amides is 2. The Bertz CT molecular complexity index is 383. The van der Waals surface area contributed by atoms with Crippen molar-refractivity contribution in [3.63, 3.8) is 0 Å². The van der Waals surface area contributed by atoms with E-state index in [0.717, 1.165) is 57.9 Å². The summed E-state index contributed by atoms with van der Waals surface area (Å²) in [5.74, 6) is 0.782. The first-order valence-corrected chi connectivity index (χ1v) is 9.67. The summed E-state index contributed by atoms with van der Waals surface area (Å²) in [4.78, 5) is 26.7. The third-order valence-electron chi connectivity index (χ3n) is 5.62. The molecular formula is C19H34N2O2. The van der Waals surface area contributed by atoms with Gasteiger partial charge in [-0.05, 0) is 44.9 Å². The van der Waals surface area contributed by atoms with Gasteiger partial charge in [0.1, 0.15) is 0 Å². The van der Waals surface area contributed by atoms with Crippen LogP contribution in [0.3, 0.4) is 0 Å². The molecule has 0 unspecified atom stereocenters. The van der Waals surface area contributed by atoms with E-state index < -0.39 is 0 Å². The zero-order valence-corrected chi connectivity index (χ0v) is 15.0. The number of carbonyl (C=O) groups is 2. The zero-order chi connectivity index (χ0) is 16.7. The lowest BCUT2D eigenvalue weighted by Gasteiger charge is -2.31. The van der Waals surface area contributed by atoms with Crippen molar-refractivity contribution in [3.8, 4) is 0 Å². The fourth-order valence-corrected chi connectivity index (χ4v) is 3.99. The van der Waals surface area contributed by atoms with Crippen LogP contribution in [0.4, 0.5) is 0 Å². The number of rotatable bonds is 6. The number of unbranched alkanes of at least 4 members (excludes halogenated alkanes) is 1. The predicted octanol–water partition coefficient (Wildman–Crippen LogP) is 3.50. The molecule has 0 heterocycles. The number of carbonyl (C=O) groups excluding carboxylic acids is 2. The summed E-state index contributed by atoms with van der Waals surface area (Å²) in [5.41, 5.74) is 0. The van der Waals surface area contributed by atoms with E-state index in [2.05, 4.69) is 12.2 Å². The summed E-state index contributed by atoms with van der Waals surface area (Å²) in [6.45, 7) is 3.01. The third-order valence-corrected chi connectivity index (χ3v) is 5.62. The third kappa shape index (κ3) is 5.50. The van der Waals surface area contributed by atoms with Crippen LogP contribution in [0.5, 0.6) is 0 Å². The van der Waals surface area contributed by atoms with Crippen molar-refractivity contribution < 1.29 is 9.59 Å². The Hall–Kier alpha value is -1.06. The van der Waals surface area contributed by atoms with E-state index in [4.69, 9.17) is 0 Å². The largest absolute Gasteiger partial charge is 0.353 e. The summed E-state index contributed by atoms with van der Waals surface area (Å²) >= 11 is 0. The van der Waals surface area contributed by atoms with E-state index in [-0.39, 0.29) is 23.7 Å². The molecule has 2 saturated carbocycles. The Kier molecular flexibility index (Phi) is 7.38. The maximum atomic E-state index is 12.4. The molecule has 4 nitrogen and oxygen atoms in total. The molecule has 0 radical (unpaired) electrons. The number of nitrogens with one attached hydrogen (secondary N) is 1. The maximum Gasteiger partial charge on any atom is 0.225 e. The second kappa shape index (κ2) is 9.29. The fourth-order valence-electron chi connectivity index (χ4n) is 3.99. The quantitative estimate of drug-likeness (QED) is 0.813. The Morgan fingerprint density at radius 1 is 0.957 bits per heavy atom. The highest BCUT2D eigenvalue weighted by Gasteiger charge is 2.32. The molecule has 0 atom stereocenters. The smallest absolute Gasteiger partial charge is 0.225 e. The minimum atomic E-state index is 0.127. The van der Waals surface area contributed by atoms with Crippen LogP contribution in [0, 0.1) is 11.8 Å². The van der Waals surface area contributed by atoms with Gasteiger partial charge in [0.05, 0.1) is 0 Å². The van der Waals surface area contributed by atoms with Crippen LogP contribution in [0.2, 0.25) is 0 Å². The van der Waals surface area contributed by atoms with Gasteiger partial charge in [0.25, 0.3) is 0 Å². The van der Waals surface area contributed by atoms with Crippen LogP contribution < -0.4 is 5.32 Å². The van der Waals surface area contributed by atoms with Gasteiger partial charge in [0.2, 0.25) is 11.8 Å². The van der Waals surface area contributed by atoms with Crippen LogP contribution >= 0.6 is 0 Å². The summed E-state index contributed by atoms with van der Waals surface area (Å²) < 4.78 is 0. The number of nitrogens with zero attached hydrogens (tertiary/aromatic N) is 1. The zero-order valence-electron chi connectivity index (χ0n) is 15.0. The van der Waals surface area contributed by atoms with Gasteiger partial charge in [-0.15, -0.1) is 0 Å². The minimum Gasteiger partial charge on any atom is -0.353 e. The lowest BCUT2D eigenvalue weighted by molar-refractivity contribution is -0.137. The Balaban J connectivity index is 1.72. The molecule has 0 bridgehead atoms. The van der Waals surface area contributed by atoms with E-state index in [1.165, 1.54) is 19.3 Å². The van der Waals surface area contributed by atoms with Crippen LogP contribution in [-0.4, -0.2) is 36.3 Å². The highest BCUT2D eigenvalue weighted by atomic mass is 16.2. The second-order valence-electron chi connectivity index (χ2n) is 7.51. The van der Waals surface area contributed by atoms with E-state index >= 15 is 0 Å². The predicted molar refractivity (Wildman–Crippen MR) is 93.0 cm³/mol. The lowest BCUT2D eigenvalue weighted by Crippen LogP contribution is -2.42. The monoisotopic (exact) mass is 322 g/mol. The first-order chi connectivity index (χ1) is 11.1. The van der Waals surface area contributed by atoms with Gasteiger partial charge in [-0.1, -0.05) is 32.6 Å². The van der Waals surface area contributed by atoms with Crippen molar-refractivity contribution in [1.82, 2.24) is 10.2 Å². The van der Waals surface area contributed by atoms with Crippen LogP contribution in [-0.2, 0) is 9.59 Å². The molecule has 4 heteroatoms. The van der Waals surface area contributed by atoms with Gasteiger partial charge >= 0.3 is 0 Å². The van der Waals surface area contributed by atoms with Crippen molar-refractivity contribution in [2.75, 3.05) is 13.6 Å². The average molecular weight is 322 g/mol. The van der Waals surface area contributed by atoms with E-state index in [9.17, 15) is 9.59 Å². The number of hydrogen-bond acceptors (Lipinski definition) is 2. The van der Waals surface area contributed by atoms with Gasteiger partial charge in [-0.3, -0.25) is 9.59 Å². The number of hydrogen-bond donors (Lipinski definition) is 1. The molecule has 0 spiro atoms. The fraction of sp³-hybridized carbons (Fsp3) is 0.895. The molecule has 23 heavy (non-hydrogen) atoms. The first kappa shape index (κ1) is 18.3. The summed E-state index contributed by atoms with van der Waals surface area (Å²) in [5, 5.41) is 3.25. The standard InChI is InChI=1S/C19H34N2O2/c1-3-4-14-21(2)19(23)16-12-10-15(11-13-16)18(22)20-17-8-6-5-7-9-17/h15-17H,3-14H2,1-2H3,(H,20,22). The highest BCUT2D eigenvalue weighted by molar-refractivity contribution is 5.81. The molecular weight excluding hydrogens is 288 g/mol. The van der Waals surface area contributed by atoms with Crippen molar-refractivity contribution in [2.24, 2.45) is 11.8 Å². The van der Waals surface area contributed by atoms with Crippen molar-refractivity contribution in [3.05, 3.63) is 0 Å². The summed E-state index contributed by atoms with van der Waals surface area (Å²) in [6, 6.07) is 0.399. The molecule has 1 N–H and O–H groups in total. The van der Waals surface area contributed by atoms with E-state index in [1.807, 2.05) is 11.9 Å². The van der Waals surface area contributed by atoms with Crippen LogP contribution in [0.15, 0.2) is 0 Å². The van der Waals surface area contributed by atoms with Gasteiger partial charge in [0.15, 0.2) is 0 Å². The molecule has 0 saturated heterocycles. The topological polar surface area (TPSA) is 49.4 Å². The van der Waals surface area contributed by atoms with E-state index in [1.54, 1.807) is 0 Å². The molecule has 0 aliphatic heterocycles. The van der Waals surface area contributed by atoms with Gasteiger partial charge < -0.3 is 10.2 Å². The molecule has 2 rings (SSSR count). The Morgan fingerprint density at radius 3 is 2.17 bits per heavy atom. The van der Waals surface area contributed by atoms with Crippen LogP contribution in [0.25, 0.3) is 0 Å². The van der Waals surface area contributed by atoms with Crippen molar-refractivity contribution >= 4 is 11.8 Å². The van der Waals surface area contributed by atoms with E-state index in [0.29, 0.717) is 6.04 Å². The molecule has 132 valence electrons. The van der Waals surface area contributed by atoms with Crippen molar-refractivity contribution in [1.29, 1.82) is 0 Å². The van der Waals surface area contributed by atoms with Gasteiger partial charge in [-0.2, -0.15) is 0 Å². The average Bonchev–Trinajstić information content (AvgIpc) is 2.60. The molecule has 2 fully saturated rings. The molecule has 2 amide bonds. The maximum absolute atomic E-state index is 12.4. The Morgan fingerprint density at radius 2 is 1.57 bits per heavy atom. The SMILES string of the molecule is CCCCN(C)C(=O)C1CCC(C(=O)NC2CCCCC2)CC1. The molecule has 0 aromatic rings. The molecule has 0 aromatic heterocycles. The molecule has 2 aliphatic carbocycles. The first-order valence-electron chi connectivity index (χ1n) is 9.67. The van der Waals surface area contributed by atoms with Gasteiger partial charge in [0, 0.05) is 31.5 Å². The summed E-state index contributed by atoms with van der Waals surface area (Å²) in [6.07, 6.45) is 11.8. The highest BCUT2D eigenvalue weighted by Crippen LogP contribution is 2.30. The van der Waals surface area contributed by atoms with Gasteiger partial charge in [-0.25, -0.2) is 0 Å². The summed E-state index contributed by atoms with van der Waals surface area (Å²) in [7, 11) is 1.92. The second-order valence-corrected chi connectivity index (χ2v) is 7.51. The minimum absolute atomic E-state index is 0.127. The van der Waals surface area contributed by atoms with Crippen LogP contribution in [0.1, 0.15) is 77.6 Å². The molecule has 2 aliphatic rings. The lowest BCUT2D eigenvalue weighted by atomic mass is 9.80. The normalized spacial score (nSPS) is 25.8. The van der Waals surface area contributed by atoms with Crippen molar-refractivity contribution in [2.45, 2.75) is 83.6 Å².